The minimum absolute atomic E-state index is 0.0832. The first-order valence-electron chi connectivity index (χ1n) is 8.09. The number of methoxy groups -OCH3 is 1. The molecule has 1 N–H and O–H groups in total. The van der Waals surface area contributed by atoms with Crippen LogP contribution in [0.2, 0.25) is 0 Å². The third-order valence-corrected chi connectivity index (χ3v) is 4.12. The van der Waals surface area contributed by atoms with Gasteiger partial charge in [-0.2, -0.15) is 0 Å². The SMILES string of the molecule is COC(=O)CC(NC(=O)c1ccc2ccccc2c1)c1ccccc1. The fraction of sp³-hybridized carbons (Fsp3) is 0.143. The van der Waals surface area contributed by atoms with Crippen LogP contribution in [0.3, 0.4) is 0 Å². The van der Waals surface area contributed by atoms with E-state index in [-0.39, 0.29) is 18.3 Å². The highest BCUT2D eigenvalue weighted by atomic mass is 16.5. The number of ether oxygens (including phenoxy) is 1. The molecule has 0 bridgehead atoms. The number of carbonyl (C=O) groups excluding carboxylic acids is 2. The predicted molar refractivity (Wildman–Crippen MR) is 97.2 cm³/mol. The summed E-state index contributed by atoms with van der Waals surface area (Å²) in [5.74, 6) is -0.587. The molecule has 0 aromatic heterocycles. The van der Waals surface area contributed by atoms with Gasteiger partial charge in [-0.25, -0.2) is 0 Å². The Balaban J connectivity index is 1.84. The highest BCUT2D eigenvalue weighted by Crippen LogP contribution is 2.20. The molecule has 25 heavy (non-hydrogen) atoms. The van der Waals surface area contributed by atoms with Crippen LogP contribution in [0.1, 0.15) is 28.4 Å². The number of hydrogen-bond donors (Lipinski definition) is 1. The number of fused-ring (bicyclic) bond motifs is 1. The number of esters is 1. The van der Waals surface area contributed by atoms with Crippen molar-refractivity contribution < 1.29 is 14.3 Å². The van der Waals surface area contributed by atoms with Crippen LogP contribution in [0, 0.1) is 0 Å². The van der Waals surface area contributed by atoms with Gasteiger partial charge in [0.05, 0.1) is 19.6 Å². The maximum atomic E-state index is 12.7. The molecule has 3 rings (SSSR count). The number of benzene rings is 3. The molecule has 1 unspecified atom stereocenters. The molecule has 3 aromatic rings. The number of amides is 1. The third kappa shape index (κ3) is 4.04. The van der Waals surface area contributed by atoms with E-state index in [0.29, 0.717) is 5.56 Å². The molecular weight excluding hydrogens is 314 g/mol. The maximum absolute atomic E-state index is 12.7. The van der Waals surface area contributed by atoms with Gasteiger partial charge >= 0.3 is 5.97 Å². The number of rotatable bonds is 5. The van der Waals surface area contributed by atoms with Crippen molar-refractivity contribution in [1.29, 1.82) is 0 Å². The summed E-state index contributed by atoms with van der Waals surface area (Å²) in [6, 6.07) is 22.4. The molecule has 126 valence electrons. The van der Waals surface area contributed by atoms with E-state index in [4.69, 9.17) is 4.74 Å². The highest BCUT2D eigenvalue weighted by molar-refractivity contribution is 5.98. The Bertz CT molecular complexity index is 890. The smallest absolute Gasteiger partial charge is 0.307 e. The van der Waals surface area contributed by atoms with Gasteiger partial charge in [-0.15, -0.1) is 0 Å². The minimum atomic E-state index is -0.437. The van der Waals surface area contributed by atoms with Gasteiger partial charge in [0, 0.05) is 5.56 Å². The van der Waals surface area contributed by atoms with Gasteiger partial charge in [0.1, 0.15) is 0 Å². The van der Waals surface area contributed by atoms with Crippen LogP contribution < -0.4 is 5.32 Å². The lowest BCUT2D eigenvalue weighted by Gasteiger charge is -2.18. The number of nitrogens with one attached hydrogen (secondary N) is 1. The quantitative estimate of drug-likeness (QED) is 0.721. The van der Waals surface area contributed by atoms with Crippen molar-refractivity contribution in [3.05, 3.63) is 83.9 Å². The van der Waals surface area contributed by atoms with Crippen molar-refractivity contribution >= 4 is 22.6 Å². The van der Waals surface area contributed by atoms with E-state index >= 15 is 0 Å². The van der Waals surface area contributed by atoms with Crippen LogP contribution >= 0.6 is 0 Å². The summed E-state index contributed by atoms with van der Waals surface area (Å²) in [6.45, 7) is 0. The van der Waals surface area contributed by atoms with Gasteiger partial charge in [0.15, 0.2) is 0 Å². The van der Waals surface area contributed by atoms with E-state index in [0.717, 1.165) is 16.3 Å². The molecule has 0 saturated carbocycles. The second kappa shape index (κ2) is 7.62. The molecule has 1 amide bonds. The van der Waals surface area contributed by atoms with E-state index in [1.54, 1.807) is 6.07 Å². The molecule has 1 atom stereocenters. The summed E-state index contributed by atoms with van der Waals surface area (Å²) in [7, 11) is 1.34. The van der Waals surface area contributed by atoms with Crippen LogP contribution in [0.5, 0.6) is 0 Å². The fourth-order valence-corrected chi connectivity index (χ4v) is 2.76. The molecule has 0 saturated heterocycles. The van der Waals surface area contributed by atoms with Gasteiger partial charge in [-0.05, 0) is 28.5 Å². The monoisotopic (exact) mass is 333 g/mol. The molecule has 4 nitrogen and oxygen atoms in total. The van der Waals surface area contributed by atoms with E-state index in [1.165, 1.54) is 7.11 Å². The molecule has 0 radical (unpaired) electrons. The first-order chi connectivity index (χ1) is 12.2. The largest absolute Gasteiger partial charge is 0.469 e. The predicted octanol–water partition coefficient (Wildman–Crippen LogP) is 3.87. The maximum Gasteiger partial charge on any atom is 0.307 e. The highest BCUT2D eigenvalue weighted by Gasteiger charge is 2.19. The second-order valence-electron chi connectivity index (χ2n) is 5.78. The molecule has 0 aliphatic carbocycles. The van der Waals surface area contributed by atoms with Gasteiger partial charge in [-0.3, -0.25) is 9.59 Å². The first-order valence-corrected chi connectivity index (χ1v) is 8.09. The number of carbonyl (C=O) groups is 2. The molecule has 0 spiro atoms. The molecule has 0 aliphatic rings. The van der Waals surface area contributed by atoms with E-state index < -0.39 is 6.04 Å². The zero-order chi connectivity index (χ0) is 17.6. The minimum Gasteiger partial charge on any atom is -0.469 e. The summed E-state index contributed by atoms with van der Waals surface area (Å²) < 4.78 is 4.76. The van der Waals surface area contributed by atoms with Crippen LogP contribution in [0.4, 0.5) is 0 Å². The average Bonchev–Trinajstić information content (AvgIpc) is 2.67. The van der Waals surface area contributed by atoms with Crippen molar-refractivity contribution in [2.24, 2.45) is 0 Å². The standard InChI is InChI=1S/C21H19NO3/c1-25-20(23)14-19(16-8-3-2-4-9-16)22-21(24)18-12-11-15-7-5-6-10-17(15)13-18/h2-13,19H,14H2,1H3,(H,22,24). The Hall–Kier alpha value is -3.14. The molecule has 0 aliphatic heterocycles. The molecule has 4 heteroatoms. The van der Waals surface area contributed by atoms with Crippen molar-refractivity contribution in [2.45, 2.75) is 12.5 Å². The lowest BCUT2D eigenvalue weighted by Crippen LogP contribution is -2.30. The summed E-state index contributed by atoms with van der Waals surface area (Å²) in [5, 5.41) is 5.02. The van der Waals surface area contributed by atoms with E-state index in [1.807, 2.05) is 66.7 Å². The van der Waals surface area contributed by atoms with Gasteiger partial charge in [0.25, 0.3) is 5.91 Å². The van der Waals surface area contributed by atoms with Crippen molar-refractivity contribution in [3.8, 4) is 0 Å². The fourth-order valence-electron chi connectivity index (χ4n) is 2.76. The lowest BCUT2D eigenvalue weighted by molar-refractivity contribution is -0.141. The van der Waals surface area contributed by atoms with Gasteiger partial charge < -0.3 is 10.1 Å². The topological polar surface area (TPSA) is 55.4 Å². The first kappa shape index (κ1) is 16.7. The Morgan fingerprint density at radius 2 is 1.60 bits per heavy atom. The number of hydrogen-bond acceptors (Lipinski definition) is 3. The van der Waals surface area contributed by atoms with Crippen LogP contribution in [0.15, 0.2) is 72.8 Å². The Morgan fingerprint density at radius 1 is 0.920 bits per heavy atom. The van der Waals surface area contributed by atoms with E-state index in [2.05, 4.69) is 5.32 Å². The normalized spacial score (nSPS) is 11.7. The Morgan fingerprint density at radius 3 is 2.32 bits per heavy atom. The molecular formula is C21H19NO3. The second-order valence-corrected chi connectivity index (χ2v) is 5.78. The molecule has 0 heterocycles. The van der Waals surface area contributed by atoms with Crippen LogP contribution in [0.25, 0.3) is 10.8 Å². The van der Waals surface area contributed by atoms with Crippen molar-refractivity contribution in [1.82, 2.24) is 5.32 Å². The van der Waals surface area contributed by atoms with E-state index in [9.17, 15) is 9.59 Å². The Labute approximate surface area is 146 Å². The van der Waals surface area contributed by atoms with Crippen LogP contribution in [-0.2, 0) is 9.53 Å². The van der Waals surface area contributed by atoms with Gasteiger partial charge in [-0.1, -0.05) is 60.7 Å². The molecule has 0 fully saturated rings. The average molecular weight is 333 g/mol. The van der Waals surface area contributed by atoms with Crippen molar-refractivity contribution in [3.63, 3.8) is 0 Å². The molecule has 3 aromatic carbocycles. The summed E-state index contributed by atoms with van der Waals surface area (Å²) in [6.07, 6.45) is 0.0832. The summed E-state index contributed by atoms with van der Waals surface area (Å²) >= 11 is 0. The van der Waals surface area contributed by atoms with Crippen molar-refractivity contribution in [2.75, 3.05) is 7.11 Å². The summed E-state index contributed by atoms with van der Waals surface area (Å²) in [4.78, 5) is 24.4. The zero-order valence-electron chi connectivity index (χ0n) is 13.9. The third-order valence-electron chi connectivity index (χ3n) is 4.12. The zero-order valence-corrected chi connectivity index (χ0v) is 13.9. The van der Waals surface area contributed by atoms with Gasteiger partial charge in [0.2, 0.25) is 0 Å². The lowest BCUT2D eigenvalue weighted by atomic mass is 10.0. The Kier molecular flexibility index (Phi) is 5.09. The summed E-state index contributed by atoms with van der Waals surface area (Å²) in [5.41, 5.74) is 1.42. The van der Waals surface area contributed by atoms with Crippen LogP contribution in [-0.4, -0.2) is 19.0 Å².